The zero-order valence-corrected chi connectivity index (χ0v) is 11.7. The van der Waals surface area contributed by atoms with E-state index in [1.807, 2.05) is 0 Å². The second-order valence-corrected chi connectivity index (χ2v) is 7.48. The van der Waals surface area contributed by atoms with Gasteiger partial charge in [0.1, 0.15) is 0 Å². The lowest BCUT2D eigenvalue weighted by Gasteiger charge is -2.32. The highest BCUT2D eigenvalue weighted by atomic mass is 32.2. The molecule has 2 aliphatic rings. The Morgan fingerprint density at radius 3 is 2.37 bits per heavy atom. The average Bonchev–Trinajstić information content (AvgIpc) is 2.76. The van der Waals surface area contributed by atoms with Gasteiger partial charge in [-0.25, -0.2) is 13.1 Å². The highest BCUT2D eigenvalue weighted by Gasteiger charge is 2.41. The molecule has 19 heavy (non-hydrogen) atoms. The van der Waals surface area contributed by atoms with Gasteiger partial charge in [0, 0.05) is 18.8 Å². The largest absolute Gasteiger partial charge is 0.481 e. The fourth-order valence-corrected chi connectivity index (χ4v) is 4.89. The van der Waals surface area contributed by atoms with E-state index in [0.29, 0.717) is 38.9 Å². The minimum absolute atomic E-state index is 0.130. The van der Waals surface area contributed by atoms with Gasteiger partial charge >= 0.3 is 5.97 Å². The highest BCUT2D eigenvalue weighted by molar-refractivity contribution is 7.90. The van der Waals surface area contributed by atoms with Gasteiger partial charge in [-0.15, -0.1) is 0 Å². The molecule has 1 aliphatic heterocycles. The first-order valence-corrected chi connectivity index (χ1v) is 8.31. The molecule has 0 radical (unpaired) electrons. The van der Waals surface area contributed by atoms with Crippen molar-refractivity contribution in [2.75, 3.05) is 13.2 Å². The van der Waals surface area contributed by atoms with Crippen molar-refractivity contribution in [3.05, 3.63) is 0 Å². The van der Waals surface area contributed by atoms with Crippen LogP contribution in [0.3, 0.4) is 0 Å². The van der Waals surface area contributed by atoms with Gasteiger partial charge in [-0.2, -0.15) is 0 Å². The minimum atomic E-state index is -3.46. The molecule has 0 bridgehead atoms. The van der Waals surface area contributed by atoms with Crippen LogP contribution in [0.25, 0.3) is 0 Å². The Morgan fingerprint density at radius 2 is 1.84 bits per heavy atom. The first-order valence-electron chi connectivity index (χ1n) is 6.76. The third-order valence-corrected chi connectivity index (χ3v) is 6.08. The molecule has 2 rings (SSSR count). The zero-order valence-electron chi connectivity index (χ0n) is 10.9. The van der Waals surface area contributed by atoms with E-state index in [1.54, 1.807) is 0 Å². The molecule has 0 spiro atoms. The Labute approximate surface area is 113 Å². The molecule has 2 N–H and O–H groups in total. The van der Waals surface area contributed by atoms with Crippen molar-refractivity contribution in [1.82, 2.24) is 4.72 Å². The standard InChI is InChI=1S/C12H21NO5S/c14-11(15)9-12(5-1-2-6-12)13-19(16,17)10-3-7-18-8-4-10/h10,13H,1-9H2,(H,14,15). The van der Waals surface area contributed by atoms with Crippen LogP contribution < -0.4 is 4.72 Å². The summed E-state index contributed by atoms with van der Waals surface area (Å²) >= 11 is 0. The number of carboxylic acids is 1. The Bertz CT molecular complexity index is 421. The summed E-state index contributed by atoms with van der Waals surface area (Å²) in [6.07, 6.45) is 3.82. The number of nitrogens with one attached hydrogen (secondary N) is 1. The summed E-state index contributed by atoms with van der Waals surface area (Å²) in [6.45, 7) is 0.912. The summed E-state index contributed by atoms with van der Waals surface area (Å²) in [5.74, 6) is -0.948. The quantitative estimate of drug-likeness (QED) is 0.784. The summed E-state index contributed by atoms with van der Waals surface area (Å²) in [5, 5.41) is 8.54. The normalized spacial score (nSPS) is 24.4. The third kappa shape index (κ3) is 3.67. The van der Waals surface area contributed by atoms with Gasteiger partial charge in [-0.05, 0) is 25.7 Å². The molecular formula is C12H21NO5S. The molecule has 1 saturated heterocycles. The van der Waals surface area contributed by atoms with Crippen molar-refractivity contribution in [1.29, 1.82) is 0 Å². The van der Waals surface area contributed by atoms with Gasteiger partial charge < -0.3 is 9.84 Å². The topological polar surface area (TPSA) is 92.7 Å². The lowest BCUT2D eigenvalue weighted by molar-refractivity contribution is -0.138. The predicted octanol–water partition coefficient (Wildman–Crippen LogP) is 0.872. The van der Waals surface area contributed by atoms with Gasteiger partial charge in [0.05, 0.1) is 11.7 Å². The van der Waals surface area contributed by atoms with Crippen LogP contribution in [0.15, 0.2) is 0 Å². The first-order chi connectivity index (χ1) is 8.94. The maximum atomic E-state index is 12.4. The molecule has 1 saturated carbocycles. The van der Waals surface area contributed by atoms with Gasteiger partial charge in [0.25, 0.3) is 0 Å². The lowest BCUT2D eigenvalue weighted by atomic mass is 9.95. The van der Waals surface area contributed by atoms with Crippen LogP contribution in [0.2, 0.25) is 0 Å². The molecule has 6 nitrogen and oxygen atoms in total. The summed E-state index contributed by atoms with van der Waals surface area (Å²) in [6, 6.07) is 0. The Kier molecular flexibility index (Phi) is 4.47. The molecular weight excluding hydrogens is 270 g/mol. The fourth-order valence-electron chi connectivity index (χ4n) is 3.03. The summed E-state index contributed by atoms with van der Waals surface area (Å²) in [5.41, 5.74) is -0.775. The molecule has 1 aliphatic carbocycles. The average molecular weight is 291 g/mol. The fraction of sp³-hybridized carbons (Fsp3) is 0.917. The summed E-state index contributed by atoms with van der Waals surface area (Å²) < 4.78 is 32.6. The van der Waals surface area contributed by atoms with Crippen molar-refractivity contribution < 1.29 is 23.1 Å². The van der Waals surface area contributed by atoms with Gasteiger partial charge in [-0.1, -0.05) is 12.8 Å². The van der Waals surface area contributed by atoms with Crippen molar-refractivity contribution in [3.63, 3.8) is 0 Å². The van der Waals surface area contributed by atoms with Crippen LogP contribution in [-0.2, 0) is 19.6 Å². The van der Waals surface area contributed by atoms with Crippen LogP contribution in [-0.4, -0.2) is 43.5 Å². The SMILES string of the molecule is O=C(O)CC1(NS(=O)(=O)C2CCOCC2)CCCC1. The van der Waals surface area contributed by atoms with E-state index in [1.165, 1.54) is 0 Å². The van der Waals surface area contributed by atoms with E-state index in [9.17, 15) is 13.2 Å². The predicted molar refractivity (Wildman–Crippen MR) is 69.3 cm³/mol. The van der Waals surface area contributed by atoms with E-state index in [2.05, 4.69) is 4.72 Å². The molecule has 0 unspecified atom stereocenters. The molecule has 1 heterocycles. The number of hydrogen-bond acceptors (Lipinski definition) is 4. The van der Waals surface area contributed by atoms with Crippen LogP contribution in [0.4, 0.5) is 0 Å². The molecule has 110 valence electrons. The highest BCUT2D eigenvalue weighted by Crippen LogP contribution is 2.34. The second kappa shape index (κ2) is 5.76. The van der Waals surface area contributed by atoms with Crippen molar-refractivity contribution in [2.45, 2.75) is 55.7 Å². The number of sulfonamides is 1. The molecule has 7 heteroatoms. The van der Waals surface area contributed by atoms with Crippen LogP contribution in [0.1, 0.15) is 44.9 Å². The molecule has 0 aromatic heterocycles. The van der Waals surface area contributed by atoms with E-state index in [0.717, 1.165) is 12.8 Å². The zero-order chi connectivity index (χ0) is 13.9. The summed E-state index contributed by atoms with van der Waals surface area (Å²) in [7, 11) is -3.46. The maximum absolute atomic E-state index is 12.4. The Hall–Kier alpha value is -0.660. The molecule has 0 aromatic rings. The van der Waals surface area contributed by atoms with Crippen LogP contribution in [0, 0.1) is 0 Å². The maximum Gasteiger partial charge on any atom is 0.305 e. The van der Waals surface area contributed by atoms with Crippen molar-refractivity contribution >= 4 is 16.0 Å². The van der Waals surface area contributed by atoms with Gasteiger partial charge in [0.15, 0.2) is 0 Å². The van der Waals surface area contributed by atoms with Crippen molar-refractivity contribution in [3.8, 4) is 0 Å². The Balaban J connectivity index is 2.09. The smallest absolute Gasteiger partial charge is 0.305 e. The number of hydrogen-bond donors (Lipinski definition) is 2. The van der Waals surface area contributed by atoms with E-state index < -0.39 is 26.8 Å². The number of carbonyl (C=O) groups is 1. The van der Waals surface area contributed by atoms with Crippen molar-refractivity contribution in [2.24, 2.45) is 0 Å². The van der Waals surface area contributed by atoms with Crippen LogP contribution in [0.5, 0.6) is 0 Å². The molecule has 0 atom stereocenters. The van der Waals surface area contributed by atoms with E-state index >= 15 is 0 Å². The van der Waals surface area contributed by atoms with E-state index in [4.69, 9.17) is 9.84 Å². The number of ether oxygens (including phenoxy) is 1. The van der Waals surface area contributed by atoms with Gasteiger partial charge in [0.2, 0.25) is 10.0 Å². The Morgan fingerprint density at radius 1 is 1.26 bits per heavy atom. The monoisotopic (exact) mass is 291 g/mol. The summed E-state index contributed by atoms with van der Waals surface area (Å²) in [4.78, 5) is 11.0. The molecule has 0 aromatic carbocycles. The molecule has 2 fully saturated rings. The minimum Gasteiger partial charge on any atom is -0.481 e. The van der Waals surface area contributed by atoms with E-state index in [-0.39, 0.29) is 6.42 Å². The molecule has 0 amide bonds. The number of carboxylic acid groups (broad SMARTS) is 1. The number of rotatable bonds is 5. The van der Waals surface area contributed by atoms with Crippen LogP contribution >= 0.6 is 0 Å². The first kappa shape index (κ1) is 14.7. The third-order valence-electron chi connectivity index (χ3n) is 4.02. The lowest BCUT2D eigenvalue weighted by Crippen LogP contribution is -2.51. The number of aliphatic carboxylic acids is 1. The van der Waals surface area contributed by atoms with Gasteiger partial charge in [-0.3, -0.25) is 4.79 Å². The second-order valence-electron chi connectivity index (χ2n) is 5.52.